The number of carbonyl (C=O) groups excluding carboxylic acids is 1. The van der Waals surface area contributed by atoms with E-state index in [0.717, 1.165) is 6.34 Å². The number of rotatable bonds is 0. The van der Waals surface area contributed by atoms with Gasteiger partial charge in [-0.1, -0.05) is 0 Å². The van der Waals surface area contributed by atoms with Crippen molar-refractivity contribution >= 4 is 12.3 Å². The number of hydrogen-bond donors (Lipinski definition) is 2. The Bertz CT molecular complexity index is 121. The van der Waals surface area contributed by atoms with Crippen LogP contribution in [-0.2, 0) is 4.79 Å². The second kappa shape index (κ2) is 4.59. The monoisotopic (exact) mass is 158 g/mol. The molecule has 0 bridgehead atoms. The topological polar surface area (TPSA) is 91.7 Å². The van der Waals surface area contributed by atoms with E-state index in [1.54, 1.807) is 0 Å². The molecule has 0 saturated heterocycles. The SMILES string of the molecule is NC=[NH2+].O=C([O-])C(F)(F)F. The van der Waals surface area contributed by atoms with E-state index in [9.17, 15) is 13.2 Å². The minimum Gasteiger partial charge on any atom is -0.542 e. The molecule has 0 unspecified atom stereocenters. The Kier molecular flexibility index (Phi) is 5.29. The van der Waals surface area contributed by atoms with Crippen LogP contribution in [0.2, 0.25) is 0 Å². The molecule has 10 heavy (non-hydrogen) atoms. The Labute approximate surface area is 54.0 Å². The van der Waals surface area contributed by atoms with Crippen molar-refractivity contribution < 1.29 is 28.5 Å². The number of halogens is 3. The van der Waals surface area contributed by atoms with Crippen LogP contribution in [0.5, 0.6) is 0 Å². The first kappa shape index (κ1) is 11.5. The van der Waals surface area contributed by atoms with Crippen molar-refractivity contribution in [3.63, 3.8) is 0 Å². The lowest BCUT2D eigenvalue weighted by Gasteiger charge is -2.03. The normalized spacial score (nSPS) is 9.10. The number of carboxylic acids is 1. The number of carbonyl (C=O) groups is 1. The van der Waals surface area contributed by atoms with Crippen LogP contribution in [0.25, 0.3) is 0 Å². The first-order valence-electron chi connectivity index (χ1n) is 1.89. The molecule has 0 aliphatic rings. The third-order valence-corrected chi connectivity index (χ3v) is 0.231. The molecule has 0 aromatic heterocycles. The molecule has 0 aliphatic carbocycles. The summed E-state index contributed by atoms with van der Waals surface area (Å²) < 4.78 is 31.5. The molecule has 0 aromatic carbocycles. The van der Waals surface area contributed by atoms with Gasteiger partial charge in [-0.25, -0.2) is 0 Å². The van der Waals surface area contributed by atoms with Crippen molar-refractivity contribution in [3.8, 4) is 0 Å². The summed E-state index contributed by atoms with van der Waals surface area (Å²) in [4.78, 5) is 8.78. The molecule has 60 valence electrons. The molecule has 0 atom stereocenters. The van der Waals surface area contributed by atoms with Crippen LogP contribution in [0, 0.1) is 0 Å². The smallest absolute Gasteiger partial charge is 0.430 e. The molecule has 7 heteroatoms. The Hall–Kier alpha value is -1.27. The van der Waals surface area contributed by atoms with Gasteiger partial charge in [0.15, 0.2) is 0 Å². The second-order valence-electron chi connectivity index (χ2n) is 0.978. The Morgan fingerprint density at radius 1 is 1.60 bits per heavy atom. The van der Waals surface area contributed by atoms with Gasteiger partial charge in [-0.15, -0.1) is 0 Å². The predicted molar refractivity (Wildman–Crippen MR) is 23.2 cm³/mol. The van der Waals surface area contributed by atoms with Gasteiger partial charge in [0.2, 0.25) is 6.34 Å². The third kappa shape index (κ3) is 9.88. The summed E-state index contributed by atoms with van der Waals surface area (Å²) in [5, 5.41) is 13.3. The van der Waals surface area contributed by atoms with Crippen LogP contribution in [0.15, 0.2) is 0 Å². The average molecular weight is 158 g/mol. The van der Waals surface area contributed by atoms with Crippen molar-refractivity contribution in [3.05, 3.63) is 0 Å². The van der Waals surface area contributed by atoms with E-state index in [-0.39, 0.29) is 0 Å². The molecular weight excluding hydrogens is 153 g/mol. The maximum absolute atomic E-state index is 10.5. The molecular formula is C3H5F3N2O2. The number of hydrogen-bond acceptors (Lipinski definition) is 2. The number of nitrogens with two attached hydrogens (primary N) is 2. The largest absolute Gasteiger partial charge is 0.542 e. The highest BCUT2D eigenvalue weighted by Gasteiger charge is 2.28. The molecule has 0 fully saturated rings. The van der Waals surface area contributed by atoms with Crippen LogP contribution >= 0.6 is 0 Å². The number of alkyl halides is 3. The predicted octanol–water partition coefficient (Wildman–Crippen LogP) is -2.97. The quantitative estimate of drug-likeness (QED) is 0.291. The van der Waals surface area contributed by atoms with Gasteiger partial charge in [0.05, 0.1) is 0 Å². The lowest BCUT2D eigenvalue weighted by Crippen LogP contribution is -2.37. The van der Waals surface area contributed by atoms with Gasteiger partial charge in [0.25, 0.3) is 0 Å². The van der Waals surface area contributed by atoms with Crippen molar-refractivity contribution in [2.24, 2.45) is 5.73 Å². The molecule has 0 radical (unpaired) electrons. The zero-order chi connectivity index (χ0) is 8.78. The molecule has 0 amide bonds. The molecule has 0 rings (SSSR count). The van der Waals surface area contributed by atoms with Crippen LogP contribution < -0.4 is 16.2 Å². The highest BCUT2D eigenvalue weighted by atomic mass is 19.4. The minimum atomic E-state index is -5.19. The fraction of sp³-hybridized carbons (Fsp3) is 0.333. The maximum atomic E-state index is 10.5. The summed E-state index contributed by atoms with van der Waals surface area (Å²) in [5.41, 5.74) is 4.50. The fourth-order valence-electron chi connectivity index (χ4n) is 0. The number of carboxylic acid groups (broad SMARTS) is 1. The summed E-state index contributed by atoms with van der Waals surface area (Å²) in [6.07, 6.45) is -4.19. The summed E-state index contributed by atoms with van der Waals surface area (Å²) in [5.74, 6) is -3.01. The second-order valence-corrected chi connectivity index (χ2v) is 0.978. The average Bonchev–Trinajstić information content (AvgIpc) is 1.64. The standard InChI is InChI=1S/C2HF3O2.CH4N2/c3-2(4,5)1(6)7;2-1-3/h(H,6,7);1H,(H3,2,3). The molecule has 0 aromatic rings. The van der Waals surface area contributed by atoms with Gasteiger partial charge in [-0.05, 0) is 0 Å². The van der Waals surface area contributed by atoms with Crippen molar-refractivity contribution in [1.29, 1.82) is 0 Å². The summed E-state index contributed by atoms with van der Waals surface area (Å²) in [6.45, 7) is 0. The van der Waals surface area contributed by atoms with Crippen molar-refractivity contribution in [1.82, 2.24) is 0 Å². The van der Waals surface area contributed by atoms with E-state index in [0.29, 0.717) is 0 Å². The molecule has 0 saturated carbocycles. The minimum absolute atomic E-state index is 1.00. The lowest BCUT2D eigenvalue weighted by molar-refractivity contribution is -0.344. The van der Waals surface area contributed by atoms with Gasteiger partial charge in [0.1, 0.15) is 5.97 Å². The molecule has 0 aliphatic heterocycles. The molecule has 0 heterocycles. The van der Waals surface area contributed by atoms with Gasteiger partial charge in [0, 0.05) is 0 Å². The summed E-state index contributed by atoms with van der Waals surface area (Å²) in [7, 11) is 0. The lowest BCUT2D eigenvalue weighted by atomic mass is 10.7. The van der Waals surface area contributed by atoms with Crippen LogP contribution in [0.4, 0.5) is 13.2 Å². The number of aliphatic carboxylic acids is 1. The van der Waals surface area contributed by atoms with Crippen LogP contribution in [-0.4, -0.2) is 18.5 Å². The first-order chi connectivity index (χ1) is 4.36. The zero-order valence-corrected chi connectivity index (χ0v) is 4.68. The van der Waals surface area contributed by atoms with Gasteiger partial charge in [-0.2, -0.15) is 13.2 Å². The van der Waals surface area contributed by atoms with Crippen molar-refractivity contribution in [2.75, 3.05) is 0 Å². The van der Waals surface area contributed by atoms with Crippen molar-refractivity contribution in [2.45, 2.75) is 6.18 Å². The molecule has 0 spiro atoms. The highest BCUT2D eigenvalue weighted by molar-refractivity contribution is 5.70. The molecule has 4 N–H and O–H groups in total. The van der Waals surface area contributed by atoms with Crippen LogP contribution in [0.1, 0.15) is 0 Å². The van der Waals surface area contributed by atoms with Crippen LogP contribution in [0.3, 0.4) is 0 Å². The summed E-state index contributed by atoms with van der Waals surface area (Å²) >= 11 is 0. The van der Waals surface area contributed by atoms with E-state index in [2.05, 4.69) is 11.1 Å². The third-order valence-electron chi connectivity index (χ3n) is 0.231. The van der Waals surface area contributed by atoms with E-state index in [1.807, 2.05) is 0 Å². The van der Waals surface area contributed by atoms with E-state index in [1.165, 1.54) is 0 Å². The zero-order valence-electron chi connectivity index (χ0n) is 4.68. The Balaban J connectivity index is 0. The van der Waals surface area contributed by atoms with E-state index in [4.69, 9.17) is 9.90 Å². The molecule has 4 nitrogen and oxygen atoms in total. The maximum Gasteiger partial charge on any atom is 0.430 e. The van der Waals surface area contributed by atoms with Gasteiger partial charge >= 0.3 is 6.18 Å². The highest BCUT2D eigenvalue weighted by Crippen LogP contribution is 2.11. The van der Waals surface area contributed by atoms with E-state index < -0.39 is 12.1 Å². The van der Waals surface area contributed by atoms with Gasteiger partial charge in [-0.3, -0.25) is 11.1 Å². The Morgan fingerprint density at radius 3 is 1.70 bits per heavy atom. The summed E-state index contributed by atoms with van der Waals surface area (Å²) in [6, 6.07) is 0. The van der Waals surface area contributed by atoms with Gasteiger partial charge < -0.3 is 9.90 Å². The first-order valence-corrected chi connectivity index (χ1v) is 1.89. The van der Waals surface area contributed by atoms with E-state index >= 15 is 0 Å². The fourth-order valence-corrected chi connectivity index (χ4v) is 0. The Morgan fingerprint density at radius 2 is 1.70 bits per heavy atom.